The molecule has 6 nitrogen and oxygen atoms in total. The molecule has 1 N–H and O–H groups in total. The van der Waals surface area contributed by atoms with Crippen molar-refractivity contribution in [3.8, 4) is 11.5 Å². The molecule has 0 aliphatic carbocycles. The van der Waals surface area contributed by atoms with Crippen LogP contribution in [0.3, 0.4) is 0 Å². The van der Waals surface area contributed by atoms with Gasteiger partial charge in [-0.25, -0.2) is 4.39 Å². The number of hydrogen-bond donors (Lipinski definition) is 1. The molecule has 2 atom stereocenters. The van der Waals surface area contributed by atoms with Gasteiger partial charge in [0, 0.05) is 31.1 Å². The van der Waals surface area contributed by atoms with Crippen LogP contribution in [0, 0.1) is 11.7 Å². The maximum atomic E-state index is 14.2. The fourth-order valence-electron chi connectivity index (χ4n) is 3.86. The minimum Gasteiger partial charge on any atom is -0.497 e. The lowest BCUT2D eigenvalue weighted by molar-refractivity contribution is -0.124. The molecule has 0 spiro atoms. The minimum atomic E-state index is -0.572. The Morgan fingerprint density at radius 1 is 1.13 bits per heavy atom. The van der Waals surface area contributed by atoms with Crippen LogP contribution < -0.4 is 14.8 Å². The molecule has 1 heterocycles. The number of rotatable bonds is 7. The third kappa shape index (κ3) is 4.40. The van der Waals surface area contributed by atoms with Crippen LogP contribution in [-0.2, 0) is 4.79 Å². The maximum absolute atomic E-state index is 14.2. The van der Waals surface area contributed by atoms with Gasteiger partial charge in [-0.15, -0.1) is 0 Å². The molecule has 1 aliphatic heterocycles. The first-order valence-corrected chi connectivity index (χ1v) is 10.0. The van der Waals surface area contributed by atoms with E-state index in [-0.39, 0.29) is 30.5 Å². The highest BCUT2D eigenvalue weighted by atomic mass is 19.1. The molecule has 1 fully saturated rings. The Bertz CT molecular complexity index is 918. The number of ether oxygens (including phenoxy) is 2. The highest BCUT2D eigenvalue weighted by Crippen LogP contribution is 2.40. The number of benzene rings is 2. The van der Waals surface area contributed by atoms with E-state index in [1.54, 1.807) is 38.5 Å². The van der Waals surface area contributed by atoms with Crippen molar-refractivity contribution in [2.75, 3.05) is 33.9 Å². The molecule has 3 rings (SSSR count). The zero-order valence-corrected chi connectivity index (χ0v) is 17.5. The zero-order chi connectivity index (χ0) is 21.7. The Morgan fingerprint density at radius 2 is 1.90 bits per heavy atom. The van der Waals surface area contributed by atoms with E-state index in [0.717, 1.165) is 12.0 Å². The Kier molecular flexibility index (Phi) is 6.92. The van der Waals surface area contributed by atoms with Crippen LogP contribution in [0.1, 0.15) is 35.2 Å². The fourth-order valence-corrected chi connectivity index (χ4v) is 3.86. The quantitative estimate of drug-likeness (QED) is 0.755. The van der Waals surface area contributed by atoms with Gasteiger partial charge in [-0.3, -0.25) is 9.59 Å². The molecular formula is C23H27FN2O4. The van der Waals surface area contributed by atoms with Gasteiger partial charge in [0.1, 0.15) is 17.3 Å². The molecule has 0 bridgehead atoms. The molecule has 0 radical (unpaired) electrons. The van der Waals surface area contributed by atoms with Gasteiger partial charge in [0.25, 0.3) is 5.91 Å². The van der Waals surface area contributed by atoms with Gasteiger partial charge >= 0.3 is 0 Å². The van der Waals surface area contributed by atoms with Crippen LogP contribution in [0.2, 0.25) is 0 Å². The predicted molar refractivity (Wildman–Crippen MR) is 111 cm³/mol. The number of amides is 2. The lowest BCUT2D eigenvalue weighted by Gasteiger charge is -2.21. The van der Waals surface area contributed by atoms with Gasteiger partial charge < -0.3 is 19.7 Å². The molecular weight excluding hydrogens is 387 g/mol. The monoisotopic (exact) mass is 414 g/mol. The van der Waals surface area contributed by atoms with E-state index in [0.29, 0.717) is 18.0 Å². The number of nitrogens with one attached hydrogen (secondary N) is 1. The van der Waals surface area contributed by atoms with Crippen molar-refractivity contribution in [2.24, 2.45) is 5.92 Å². The molecule has 0 saturated carbocycles. The number of hydrogen-bond acceptors (Lipinski definition) is 4. The summed E-state index contributed by atoms with van der Waals surface area (Å²) in [4.78, 5) is 27.5. The third-order valence-corrected chi connectivity index (χ3v) is 5.43. The van der Waals surface area contributed by atoms with Gasteiger partial charge in [-0.1, -0.05) is 19.1 Å². The van der Waals surface area contributed by atoms with Gasteiger partial charge in [0.2, 0.25) is 5.91 Å². The van der Waals surface area contributed by atoms with E-state index >= 15 is 0 Å². The van der Waals surface area contributed by atoms with Gasteiger partial charge in [-0.05, 0) is 36.8 Å². The second kappa shape index (κ2) is 9.61. The number of methoxy groups -OCH3 is 2. The molecule has 0 aromatic heterocycles. The summed E-state index contributed by atoms with van der Waals surface area (Å²) in [5.74, 6) is -0.652. The number of carbonyl (C=O) groups is 2. The second-order valence-corrected chi connectivity index (χ2v) is 7.30. The number of nitrogens with zero attached hydrogens (tertiary/aromatic N) is 1. The molecule has 30 heavy (non-hydrogen) atoms. The molecule has 2 amide bonds. The Morgan fingerprint density at radius 3 is 2.57 bits per heavy atom. The van der Waals surface area contributed by atoms with E-state index in [1.165, 1.54) is 17.0 Å². The molecule has 1 aliphatic rings. The van der Waals surface area contributed by atoms with E-state index in [2.05, 4.69) is 5.32 Å². The number of halogens is 1. The number of carbonyl (C=O) groups excluding carboxylic acids is 2. The van der Waals surface area contributed by atoms with Gasteiger partial charge in [0.05, 0.1) is 25.7 Å². The van der Waals surface area contributed by atoms with Crippen molar-refractivity contribution >= 4 is 11.8 Å². The normalized spacial score (nSPS) is 18.2. The van der Waals surface area contributed by atoms with E-state index in [9.17, 15) is 14.0 Å². The summed E-state index contributed by atoms with van der Waals surface area (Å²) in [5, 5.41) is 2.93. The summed E-state index contributed by atoms with van der Waals surface area (Å²) in [6.45, 7) is 3.01. The lowest BCUT2D eigenvalue weighted by atomic mass is 9.87. The largest absolute Gasteiger partial charge is 0.497 e. The Hall–Kier alpha value is -3.09. The molecule has 2 aromatic carbocycles. The van der Waals surface area contributed by atoms with Crippen LogP contribution in [-0.4, -0.2) is 50.6 Å². The Labute approximate surface area is 176 Å². The van der Waals surface area contributed by atoms with Crippen LogP contribution in [0.15, 0.2) is 42.5 Å². The molecule has 7 heteroatoms. The summed E-state index contributed by atoms with van der Waals surface area (Å²) < 4.78 is 25.1. The SMILES string of the molecule is CCCNC(=O)[C@H]1CN(C(=O)c2ccccc2F)C[C@@H]1c1cc(OC)ccc1OC. The van der Waals surface area contributed by atoms with Crippen molar-refractivity contribution in [3.05, 3.63) is 59.4 Å². The average molecular weight is 414 g/mol. The first-order chi connectivity index (χ1) is 14.5. The topological polar surface area (TPSA) is 67.9 Å². The highest BCUT2D eigenvalue weighted by molar-refractivity contribution is 5.95. The highest BCUT2D eigenvalue weighted by Gasteiger charge is 2.42. The second-order valence-electron chi connectivity index (χ2n) is 7.30. The zero-order valence-electron chi connectivity index (χ0n) is 17.5. The first kappa shape index (κ1) is 21.6. The molecule has 1 saturated heterocycles. The molecule has 2 aromatic rings. The van der Waals surface area contributed by atoms with Crippen molar-refractivity contribution < 1.29 is 23.5 Å². The summed E-state index contributed by atoms with van der Waals surface area (Å²) in [6, 6.07) is 11.3. The van der Waals surface area contributed by atoms with Crippen molar-refractivity contribution in [1.29, 1.82) is 0 Å². The van der Waals surface area contributed by atoms with E-state index in [4.69, 9.17) is 9.47 Å². The maximum Gasteiger partial charge on any atom is 0.256 e. The average Bonchev–Trinajstić information content (AvgIpc) is 3.22. The minimum absolute atomic E-state index is 0.00322. The Balaban J connectivity index is 1.96. The summed E-state index contributed by atoms with van der Waals surface area (Å²) in [6.07, 6.45) is 0.809. The van der Waals surface area contributed by atoms with Crippen molar-refractivity contribution in [2.45, 2.75) is 19.3 Å². The predicted octanol–water partition coefficient (Wildman–Crippen LogP) is 3.22. The summed E-state index contributed by atoms with van der Waals surface area (Å²) in [5.41, 5.74) is 0.792. The smallest absolute Gasteiger partial charge is 0.256 e. The first-order valence-electron chi connectivity index (χ1n) is 10.0. The van der Waals surface area contributed by atoms with E-state index < -0.39 is 17.6 Å². The van der Waals surface area contributed by atoms with Crippen LogP contribution >= 0.6 is 0 Å². The molecule has 0 unspecified atom stereocenters. The third-order valence-electron chi connectivity index (χ3n) is 5.43. The van der Waals surface area contributed by atoms with Gasteiger partial charge in [-0.2, -0.15) is 0 Å². The van der Waals surface area contributed by atoms with Crippen molar-refractivity contribution in [1.82, 2.24) is 10.2 Å². The van der Waals surface area contributed by atoms with E-state index in [1.807, 2.05) is 13.0 Å². The summed E-state index contributed by atoms with van der Waals surface area (Å²) in [7, 11) is 3.13. The van der Waals surface area contributed by atoms with Crippen molar-refractivity contribution in [3.63, 3.8) is 0 Å². The van der Waals surface area contributed by atoms with Crippen LogP contribution in [0.4, 0.5) is 4.39 Å². The number of likely N-dealkylation sites (tertiary alicyclic amines) is 1. The van der Waals surface area contributed by atoms with Crippen LogP contribution in [0.25, 0.3) is 0 Å². The molecule has 160 valence electrons. The summed E-state index contributed by atoms with van der Waals surface area (Å²) >= 11 is 0. The standard InChI is InChI=1S/C23H27FN2O4/c1-4-11-25-22(27)19-14-26(23(28)16-7-5-6-8-20(16)24)13-18(19)17-12-15(29-2)9-10-21(17)30-3/h5-10,12,18-19H,4,11,13-14H2,1-3H3,(H,25,27)/t18-,19+/m1/s1. The van der Waals surface area contributed by atoms with Gasteiger partial charge in [0.15, 0.2) is 0 Å². The van der Waals surface area contributed by atoms with Crippen LogP contribution in [0.5, 0.6) is 11.5 Å². The fraction of sp³-hybridized carbons (Fsp3) is 0.391. The lowest BCUT2D eigenvalue weighted by Crippen LogP contribution is -2.36.